The second-order valence-corrected chi connectivity index (χ2v) is 9.30. The summed E-state index contributed by atoms with van der Waals surface area (Å²) in [5.41, 5.74) is 3.03. The van der Waals surface area contributed by atoms with Gasteiger partial charge in [0.25, 0.3) is 0 Å². The summed E-state index contributed by atoms with van der Waals surface area (Å²) in [6, 6.07) is 9.92. The van der Waals surface area contributed by atoms with E-state index in [9.17, 15) is 14.7 Å². The lowest BCUT2D eigenvalue weighted by Crippen LogP contribution is -2.27. The lowest BCUT2D eigenvalue weighted by molar-refractivity contribution is -0.116. The number of hydrogen-bond donors (Lipinski definition) is 1. The Bertz CT molecular complexity index is 1080. The van der Waals surface area contributed by atoms with Crippen LogP contribution in [0, 0.1) is 5.41 Å². The van der Waals surface area contributed by atoms with Crippen LogP contribution in [0.1, 0.15) is 72.8 Å². The van der Waals surface area contributed by atoms with Gasteiger partial charge in [-0.1, -0.05) is 49.3 Å². The maximum absolute atomic E-state index is 12.9. The van der Waals surface area contributed by atoms with Gasteiger partial charge in [0.15, 0.2) is 11.6 Å². The number of aliphatic hydroxyl groups excluding tert-OH is 1. The summed E-state index contributed by atoms with van der Waals surface area (Å²) in [4.78, 5) is 29.8. The van der Waals surface area contributed by atoms with Crippen molar-refractivity contribution in [3.05, 3.63) is 64.2 Å². The molecule has 31 heavy (non-hydrogen) atoms. The van der Waals surface area contributed by atoms with Crippen molar-refractivity contribution in [2.24, 2.45) is 10.4 Å². The van der Waals surface area contributed by atoms with Gasteiger partial charge in [-0.3, -0.25) is 14.6 Å². The van der Waals surface area contributed by atoms with Crippen molar-refractivity contribution < 1.29 is 19.2 Å². The number of Topliss-reactive ketones (excluding diaryl/α,β-unsaturated/α-hetero) is 2. The van der Waals surface area contributed by atoms with Crippen molar-refractivity contribution in [1.82, 2.24) is 5.16 Å². The van der Waals surface area contributed by atoms with Gasteiger partial charge in [-0.05, 0) is 23.3 Å². The van der Waals surface area contributed by atoms with E-state index in [1.165, 1.54) is 0 Å². The van der Waals surface area contributed by atoms with Gasteiger partial charge in [-0.15, -0.1) is 0 Å². The number of carbonyl (C=O) groups excluding carboxylic acids is 2. The van der Waals surface area contributed by atoms with Gasteiger partial charge in [0.2, 0.25) is 0 Å². The van der Waals surface area contributed by atoms with E-state index in [0.717, 1.165) is 5.56 Å². The first kappa shape index (κ1) is 21.2. The highest BCUT2D eigenvalue weighted by Gasteiger charge is 2.37. The average Bonchev–Trinajstić information content (AvgIpc) is 3.13. The van der Waals surface area contributed by atoms with Crippen LogP contribution in [-0.4, -0.2) is 34.6 Å². The van der Waals surface area contributed by atoms with Gasteiger partial charge in [0, 0.05) is 44.9 Å². The minimum Gasteiger partial charge on any atom is -0.511 e. The van der Waals surface area contributed by atoms with Crippen LogP contribution in [0.2, 0.25) is 0 Å². The van der Waals surface area contributed by atoms with Crippen LogP contribution in [0.3, 0.4) is 0 Å². The Morgan fingerprint density at radius 2 is 1.90 bits per heavy atom. The van der Waals surface area contributed by atoms with Crippen molar-refractivity contribution in [2.75, 3.05) is 7.05 Å². The molecule has 1 aromatic heterocycles. The molecule has 1 N–H and O–H groups in total. The molecule has 1 aromatic carbocycles. The first-order valence-electron chi connectivity index (χ1n) is 10.8. The number of carbonyl (C=O) groups is 2. The molecule has 0 bridgehead atoms. The summed E-state index contributed by atoms with van der Waals surface area (Å²) >= 11 is 0. The molecule has 0 saturated heterocycles. The fourth-order valence-corrected chi connectivity index (χ4v) is 4.74. The molecule has 1 fully saturated rings. The molecular weight excluding hydrogens is 392 g/mol. The van der Waals surface area contributed by atoms with E-state index in [4.69, 9.17) is 4.52 Å². The number of nitrogens with zero attached hydrogens (tertiary/aromatic N) is 2. The van der Waals surface area contributed by atoms with Crippen molar-refractivity contribution in [1.29, 1.82) is 0 Å². The number of benzene rings is 1. The summed E-state index contributed by atoms with van der Waals surface area (Å²) in [7, 11) is 1.65. The predicted octanol–water partition coefficient (Wildman–Crippen LogP) is 4.79. The summed E-state index contributed by atoms with van der Waals surface area (Å²) in [5.74, 6) is 0.631. The summed E-state index contributed by atoms with van der Waals surface area (Å²) in [6.07, 6.45) is 2.62. The van der Waals surface area contributed by atoms with Crippen LogP contribution < -0.4 is 0 Å². The van der Waals surface area contributed by atoms with Crippen LogP contribution in [-0.2, 0) is 17.6 Å². The van der Waals surface area contributed by atoms with Gasteiger partial charge >= 0.3 is 0 Å². The van der Waals surface area contributed by atoms with Crippen LogP contribution >= 0.6 is 0 Å². The highest BCUT2D eigenvalue weighted by Crippen LogP contribution is 2.37. The van der Waals surface area contributed by atoms with E-state index in [1.807, 2.05) is 44.2 Å². The largest absolute Gasteiger partial charge is 0.511 e. The smallest absolute Gasteiger partial charge is 0.168 e. The zero-order valence-corrected chi connectivity index (χ0v) is 18.3. The molecule has 0 aliphatic heterocycles. The summed E-state index contributed by atoms with van der Waals surface area (Å²) < 4.78 is 5.44. The third-order valence-electron chi connectivity index (χ3n) is 6.26. The number of aromatic nitrogens is 1. The second-order valence-electron chi connectivity index (χ2n) is 9.30. The van der Waals surface area contributed by atoms with Crippen LogP contribution in [0.5, 0.6) is 0 Å². The van der Waals surface area contributed by atoms with Gasteiger partial charge < -0.3 is 9.63 Å². The number of aryl methyl sites for hydroxylation is 1. The van der Waals surface area contributed by atoms with Crippen LogP contribution in [0.25, 0.3) is 0 Å². The molecule has 162 valence electrons. The molecule has 2 aliphatic carbocycles. The topological polar surface area (TPSA) is 92.8 Å². The average molecular weight is 421 g/mol. The monoisotopic (exact) mass is 420 g/mol. The van der Waals surface area contributed by atoms with E-state index < -0.39 is 0 Å². The fraction of sp³-hybridized carbons (Fsp3) is 0.440. The van der Waals surface area contributed by atoms with E-state index >= 15 is 0 Å². The highest BCUT2D eigenvalue weighted by atomic mass is 16.5. The molecule has 1 saturated carbocycles. The number of allylic oxidation sites excluding steroid dienone is 2. The lowest BCUT2D eigenvalue weighted by Gasteiger charge is -2.26. The van der Waals surface area contributed by atoms with Crippen molar-refractivity contribution in [2.45, 2.75) is 58.3 Å². The Balaban J connectivity index is 1.52. The lowest BCUT2D eigenvalue weighted by atomic mass is 9.76. The molecule has 6 heteroatoms. The van der Waals surface area contributed by atoms with Gasteiger partial charge in [0.1, 0.15) is 11.5 Å². The standard InChI is InChI=1S/C25H28N2O4/c1-25(2)13-21(30)24-17(27-31-22(24)14-25)9-10-19(28)23-18(26-3)11-16(12-20(23)29)15-7-5-4-6-8-15/h4-8,16,28H,9-14H2,1-3H3. The molecule has 6 nitrogen and oxygen atoms in total. The molecule has 0 amide bonds. The predicted molar refractivity (Wildman–Crippen MR) is 118 cm³/mol. The highest BCUT2D eigenvalue weighted by molar-refractivity contribution is 6.24. The van der Waals surface area contributed by atoms with Crippen molar-refractivity contribution in [3.8, 4) is 0 Å². The minimum atomic E-state index is -0.138. The summed E-state index contributed by atoms with van der Waals surface area (Å²) in [5, 5.41) is 14.9. The SMILES string of the molecule is CN=C1CC(c2ccccc2)CC(=O)C1=C(O)CCc1noc2c1C(=O)CC(C)(C)C2. The molecule has 4 rings (SSSR count). The van der Waals surface area contributed by atoms with Crippen molar-refractivity contribution in [3.63, 3.8) is 0 Å². The number of rotatable bonds is 4. The Morgan fingerprint density at radius 3 is 2.61 bits per heavy atom. The van der Waals surface area contributed by atoms with E-state index in [1.54, 1.807) is 7.05 Å². The number of fused-ring (bicyclic) bond motifs is 1. The zero-order chi connectivity index (χ0) is 22.2. The first-order valence-corrected chi connectivity index (χ1v) is 10.8. The van der Waals surface area contributed by atoms with Crippen molar-refractivity contribution >= 4 is 17.3 Å². The quantitative estimate of drug-likeness (QED) is 0.567. The second kappa shape index (κ2) is 8.25. The molecule has 1 unspecified atom stereocenters. The molecular formula is C25H28N2O4. The van der Waals surface area contributed by atoms with Gasteiger partial charge in [0.05, 0.1) is 16.8 Å². The molecule has 0 radical (unpaired) electrons. The molecule has 2 aromatic rings. The zero-order valence-electron chi connectivity index (χ0n) is 18.3. The van der Waals surface area contributed by atoms with E-state index in [-0.39, 0.29) is 35.1 Å². The Morgan fingerprint density at radius 1 is 1.16 bits per heavy atom. The molecule has 1 heterocycles. The van der Waals surface area contributed by atoms with Crippen LogP contribution in [0.4, 0.5) is 0 Å². The maximum Gasteiger partial charge on any atom is 0.168 e. The number of aliphatic hydroxyl groups is 1. The maximum atomic E-state index is 12.9. The van der Waals surface area contributed by atoms with Crippen LogP contribution in [0.15, 0.2) is 51.2 Å². The molecule has 0 spiro atoms. The van der Waals surface area contributed by atoms with E-state index in [2.05, 4.69) is 10.1 Å². The number of hydrogen-bond acceptors (Lipinski definition) is 6. The molecule has 1 atom stereocenters. The van der Waals surface area contributed by atoms with Gasteiger partial charge in [-0.25, -0.2) is 0 Å². The minimum absolute atomic E-state index is 0.0115. The number of aliphatic imine (C=N–C) groups is 1. The molecule has 2 aliphatic rings. The summed E-state index contributed by atoms with van der Waals surface area (Å²) in [6.45, 7) is 4.07. The third-order valence-corrected chi connectivity index (χ3v) is 6.26. The Hall–Kier alpha value is -3.02. The fourth-order valence-electron chi connectivity index (χ4n) is 4.74. The van der Waals surface area contributed by atoms with E-state index in [0.29, 0.717) is 60.4 Å². The third kappa shape index (κ3) is 4.24. The van der Waals surface area contributed by atoms with Gasteiger partial charge in [-0.2, -0.15) is 0 Å². The first-order chi connectivity index (χ1) is 14.8. The Labute approximate surface area is 182 Å². The normalized spacial score (nSPS) is 23.7. The number of ketones is 2. The Kier molecular flexibility index (Phi) is 5.65.